The minimum atomic E-state index is -0.706. The molecule has 0 radical (unpaired) electrons. The molecule has 2 aromatic heterocycles. The fraction of sp³-hybridized carbons (Fsp3) is 0.500. The Hall–Kier alpha value is -1.27. The Morgan fingerprint density at radius 1 is 1.56 bits per heavy atom. The van der Waals surface area contributed by atoms with Gasteiger partial charge in [-0.3, -0.25) is 4.68 Å². The minimum absolute atomic E-state index is 0.644. The van der Waals surface area contributed by atoms with Crippen LogP contribution in [0.3, 0.4) is 0 Å². The second-order valence-electron chi connectivity index (χ2n) is 3.65. The molecule has 2 heterocycles. The van der Waals surface area contributed by atoms with E-state index in [0.29, 0.717) is 5.69 Å². The van der Waals surface area contributed by atoms with Crippen molar-refractivity contribution in [2.45, 2.75) is 25.9 Å². The predicted octanol–water partition coefficient (Wildman–Crippen LogP) is 1.31. The van der Waals surface area contributed by atoms with Crippen molar-refractivity contribution < 1.29 is 5.11 Å². The van der Waals surface area contributed by atoms with Crippen LogP contribution >= 0.6 is 11.5 Å². The third-order valence-electron chi connectivity index (χ3n) is 2.33. The molecule has 1 unspecified atom stereocenters. The second kappa shape index (κ2) is 4.71. The van der Waals surface area contributed by atoms with Gasteiger partial charge in [-0.05, 0) is 24.0 Å². The van der Waals surface area contributed by atoms with E-state index < -0.39 is 6.10 Å². The molecule has 0 saturated heterocycles. The molecule has 0 bridgehead atoms. The van der Waals surface area contributed by atoms with E-state index in [2.05, 4.69) is 21.6 Å². The lowest BCUT2D eigenvalue weighted by Crippen LogP contribution is -2.03. The molecular weight excluding hydrogens is 224 g/mol. The van der Waals surface area contributed by atoms with Gasteiger partial charge in [-0.15, -0.1) is 5.10 Å². The average Bonchev–Trinajstić information content (AvgIpc) is 2.87. The molecule has 0 aromatic carbocycles. The summed E-state index contributed by atoms with van der Waals surface area (Å²) < 4.78 is 5.56. The van der Waals surface area contributed by atoms with Crippen LogP contribution in [-0.4, -0.2) is 24.5 Å². The topological polar surface area (TPSA) is 63.8 Å². The van der Waals surface area contributed by atoms with Gasteiger partial charge in [-0.25, -0.2) is 0 Å². The van der Waals surface area contributed by atoms with Crippen molar-refractivity contribution in [3.8, 4) is 0 Å². The van der Waals surface area contributed by atoms with Gasteiger partial charge in [0.1, 0.15) is 6.10 Å². The molecule has 0 amide bonds. The van der Waals surface area contributed by atoms with E-state index in [1.165, 1.54) is 11.5 Å². The Labute approximate surface area is 97.9 Å². The average molecular weight is 238 g/mol. The number of nitrogens with zero attached hydrogens (tertiary/aromatic N) is 4. The summed E-state index contributed by atoms with van der Waals surface area (Å²) in [5, 5.41) is 18.4. The van der Waals surface area contributed by atoms with E-state index >= 15 is 0 Å². The van der Waals surface area contributed by atoms with Gasteiger partial charge in [0, 0.05) is 13.2 Å². The van der Waals surface area contributed by atoms with E-state index in [1.807, 2.05) is 13.2 Å². The molecule has 6 heteroatoms. The predicted molar refractivity (Wildman–Crippen MR) is 61.2 cm³/mol. The number of aromatic nitrogens is 4. The normalized spacial score (nSPS) is 12.9. The summed E-state index contributed by atoms with van der Waals surface area (Å²) in [7, 11) is 1.83. The molecule has 0 aliphatic rings. The van der Waals surface area contributed by atoms with Crippen LogP contribution in [0.2, 0.25) is 0 Å². The largest absolute Gasteiger partial charge is 0.381 e. The van der Waals surface area contributed by atoms with Crippen LogP contribution in [-0.2, 0) is 13.5 Å². The minimum Gasteiger partial charge on any atom is -0.381 e. The number of rotatable bonds is 4. The lowest BCUT2D eigenvalue weighted by molar-refractivity contribution is 0.216. The first-order valence-corrected chi connectivity index (χ1v) is 5.98. The van der Waals surface area contributed by atoms with Gasteiger partial charge in [-0.2, -0.15) is 5.10 Å². The monoisotopic (exact) mass is 238 g/mol. The number of aliphatic hydroxyl groups is 1. The zero-order valence-electron chi connectivity index (χ0n) is 9.29. The fourth-order valence-corrected chi connectivity index (χ4v) is 2.24. The maximum Gasteiger partial charge on any atom is 0.135 e. The van der Waals surface area contributed by atoms with Gasteiger partial charge in [0.2, 0.25) is 0 Å². The first-order chi connectivity index (χ1) is 7.72. The summed E-state index contributed by atoms with van der Waals surface area (Å²) in [6, 6.07) is 1.81. The number of hydrogen-bond donors (Lipinski definition) is 1. The lowest BCUT2D eigenvalue weighted by Gasteiger charge is -2.05. The van der Waals surface area contributed by atoms with Gasteiger partial charge >= 0.3 is 0 Å². The Bertz CT molecular complexity index is 465. The van der Waals surface area contributed by atoms with Gasteiger partial charge in [0.15, 0.2) is 0 Å². The molecule has 0 saturated carbocycles. The quantitative estimate of drug-likeness (QED) is 0.872. The maximum atomic E-state index is 10.2. The molecule has 0 aliphatic carbocycles. The first kappa shape index (κ1) is 11.2. The van der Waals surface area contributed by atoms with Crippen molar-refractivity contribution in [2.75, 3.05) is 0 Å². The molecule has 5 nitrogen and oxygen atoms in total. The Kier molecular flexibility index (Phi) is 3.31. The first-order valence-electron chi connectivity index (χ1n) is 5.21. The molecule has 16 heavy (non-hydrogen) atoms. The van der Waals surface area contributed by atoms with Crippen molar-refractivity contribution in [3.05, 3.63) is 28.5 Å². The summed E-state index contributed by atoms with van der Waals surface area (Å²) in [5.41, 5.74) is 1.52. The van der Waals surface area contributed by atoms with Gasteiger partial charge < -0.3 is 5.11 Å². The van der Waals surface area contributed by atoms with Gasteiger partial charge in [0.05, 0.1) is 16.3 Å². The Morgan fingerprint density at radius 2 is 2.38 bits per heavy atom. The van der Waals surface area contributed by atoms with Crippen LogP contribution in [0, 0.1) is 0 Å². The van der Waals surface area contributed by atoms with Gasteiger partial charge in [-0.1, -0.05) is 17.8 Å². The summed E-state index contributed by atoms with van der Waals surface area (Å²) in [6.07, 6.45) is 2.94. The van der Waals surface area contributed by atoms with Crippen LogP contribution in [0.25, 0.3) is 0 Å². The highest BCUT2D eigenvalue weighted by molar-refractivity contribution is 7.05. The van der Waals surface area contributed by atoms with E-state index in [4.69, 9.17) is 0 Å². The molecule has 0 fully saturated rings. The van der Waals surface area contributed by atoms with Crippen LogP contribution < -0.4 is 0 Å². The molecule has 2 aromatic rings. The van der Waals surface area contributed by atoms with E-state index in [0.717, 1.165) is 23.4 Å². The van der Waals surface area contributed by atoms with Crippen LogP contribution in [0.4, 0.5) is 0 Å². The van der Waals surface area contributed by atoms with E-state index in [-0.39, 0.29) is 0 Å². The third kappa shape index (κ3) is 2.12. The van der Waals surface area contributed by atoms with Crippen LogP contribution in [0.15, 0.2) is 12.3 Å². The zero-order valence-corrected chi connectivity index (χ0v) is 10.1. The summed E-state index contributed by atoms with van der Waals surface area (Å²) >= 11 is 1.24. The van der Waals surface area contributed by atoms with E-state index in [9.17, 15) is 5.11 Å². The molecule has 1 atom stereocenters. The summed E-state index contributed by atoms with van der Waals surface area (Å²) in [6.45, 7) is 2.08. The maximum absolute atomic E-state index is 10.2. The molecule has 2 rings (SSSR count). The van der Waals surface area contributed by atoms with Crippen LogP contribution in [0.1, 0.15) is 35.7 Å². The van der Waals surface area contributed by atoms with Crippen molar-refractivity contribution >= 4 is 11.5 Å². The van der Waals surface area contributed by atoms with Crippen molar-refractivity contribution in [1.82, 2.24) is 19.4 Å². The molecule has 0 aliphatic heterocycles. The standard InChI is InChI=1S/C10H14N4OS/c1-3-4-8-10(16-13-11-8)9(15)7-5-6-14(2)12-7/h5-6,9,15H,3-4H2,1-2H3. The van der Waals surface area contributed by atoms with Crippen molar-refractivity contribution in [2.24, 2.45) is 7.05 Å². The number of hydrogen-bond acceptors (Lipinski definition) is 5. The zero-order chi connectivity index (χ0) is 11.5. The molecule has 0 spiro atoms. The Balaban J connectivity index is 2.26. The summed E-state index contributed by atoms with van der Waals surface area (Å²) in [5.74, 6) is 0. The van der Waals surface area contributed by atoms with Crippen LogP contribution in [0.5, 0.6) is 0 Å². The van der Waals surface area contributed by atoms with Crippen molar-refractivity contribution in [3.63, 3.8) is 0 Å². The lowest BCUT2D eigenvalue weighted by atomic mass is 10.1. The van der Waals surface area contributed by atoms with Gasteiger partial charge in [0.25, 0.3) is 0 Å². The smallest absolute Gasteiger partial charge is 0.135 e. The van der Waals surface area contributed by atoms with Crippen molar-refractivity contribution in [1.29, 1.82) is 0 Å². The number of aryl methyl sites for hydroxylation is 2. The van der Waals surface area contributed by atoms with E-state index in [1.54, 1.807) is 10.7 Å². The summed E-state index contributed by atoms with van der Waals surface area (Å²) in [4.78, 5) is 0.806. The fourth-order valence-electron chi connectivity index (χ4n) is 1.55. The molecule has 86 valence electrons. The highest BCUT2D eigenvalue weighted by atomic mass is 32.1. The molecular formula is C10H14N4OS. The third-order valence-corrected chi connectivity index (χ3v) is 3.15. The molecule has 1 N–H and O–H groups in total. The second-order valence-corrected chi connectivity index (χ2v) is 4.44. The Morgan fingerprint density at radius 3 is 3.00 bits per heavy atom. The number of aliphatic hydroxyl groups excluding tert-OH is 1. The SMILES string of the molecule is CCCc1nnsc1C(O)c1ccn(C)n1. The highest BCUT2D eigenvalue weighted by Crippen LogP contribution is 2.26. The highest BCUT2D eigenvalue weighted by Gasteiger charge is 2.20.